The highest BCUT2D eigenvalue weighted by molar-refractivity contribution is 6.75. The molecule has 3 aromatic rings. The van der Waals surface area contributed by atoms with Gasteiger partial charge in [0.1, 0.15) is 11.3 Å². The van der Waals surface area contributed by atoms with E-state index in [0.29, 0.717) is 15.8 Å². The number of rotatable bonds is 3. The van der Waals surface area contributed by atoms with E-state index in [0.717, 1.165) is 16.4 Å². The molecule has 0 saturated heterocycles. The van der Waals surface area contributed by atoms with Crippen molar-refractivity contribution < 1.29 is 4.65 Å². The molecular formula is C17H10BCl2NO. The van der Waals surface area contributed by atoms with Crippen molar-refractivity contribution in [1.29, 1.82) is 0 Å². The molecule has 1 heterocycles. The van der Waals surface area contributed by atoms with Gasteiger partial charge in [-0.05, 0) is 29.7 Å². The number of hydrogen-bond acceptors (Lipinski definition) is 2. The van der Waals surface area contributed by atoms with Crippen LogP contribution in [0.25, 0.3) is 10.9 Å². The first-order valence-corrected chi connectivity index (χ1v) is 7.36. The first-order valence-electron chi connectivity index (χ1n) is 6.60. The third kappa shape index (κ3) is 2.90. The summed E-state index contributed by atoms with van der Waals surface area (Å²) in [6.45, 7) is -0.567. The Morgan fingerprint density at radius 1 is 1.05 bits per heavy atom. The molecule has 0 N–H and O–H groups in total. The van der Waals surface area contributed by atoms with Crippen molar-refractivity contribution in [1.82, 2.24) is 4.98 Å². The molecule has 0 aliphatic heterocycles. The van der Waals surface area contributed by atoms with Crippen LogP contribution in [0.1, 0.15) is 0 Å². The smallest absolute Gasteiger partial charge is 0.480 e. The van der Waals surface area contributed by atoms with E-state index in [1.54, 1.807) is 24.4 Å². The van der Waals surface area contributed by atoms with Crippen LogP contribution in [0.15, 0.2) is 54.7 Å². The molecule has 5 heteroatoms. The Balaban J connectivity index is 1.98. The first-order chi connectivity index (χ1) is 10.7. The quantitative estimate of drug-likeness (QED) is 0.536. The van der Waals surface area contributed by atoms with E-state index in [4.69, 9.17) is 34.3 Å². The number of benzene rings is 2. The Morgan fingerprint density at radius 3 is 2.64 bits per heavy atom. The fourth-order valence-electron chi connectivity index (χ4n) is 2.17. The van der Waals surface area contributed by atoms with E-state index >= 15 is 0 Å². The van der Waals surface area contributed by atoms with Crippen LogP contribution in [-0.4, -0.2) is 11.9 Å². The van der Waals surface area contributed by atoms with E-state index in [9.17, 15) is 0 Å². The highest BCUT2D eigenvalue weighted by atomic mass is 35.5. The molecule has 22 heavy (non-hydrogen) atoms. The normalized spacial score (nSPS) is 10.2. The standard InChI is InChI=1S/C17H10BCl2NO/c1-2-18(13-8-9-14(19)15(20)11-13)22-16-7-3-5-12-6-4-10-21-17(12)16/h1,3-11H. The van der Waals surface area contributed by atoms with Gasteiger partial charge >= 0.3 is 6.92 Å². The van der Waals surface area contributed by atoms with Crippen molar-refractivity contribution in [2.45, 2.75) is 0 Å². The maximum absolute atomic E-state index is 6.04. The minimum atomic E-state index is -0.567. The Kier molecular flexibility index (Phi) is 4.24. The molecule has 3 rings (SSSR count). The van der Waals surface area contributed by atoms with Crippen molar-refractivity contribution in [3.8, 4) is 18.0 Å². The summed E-state index contributed by atoms with van der Waals surface area (Å²) in [7, 11) is 0. The number of fused-ring (bicyclic) bond motifs is 1. The molecule has 0 fully saturated rings. The van der Waals surface area contributed by atoms with Crippen molar-refractivity contribution in [3.05, 3.63) is 64.8 Å². The van der Waals surface area contributed by atoms with Crippen LogP contribution in [-0.2, 0) is 0 Å². The summed E-state index contributed by atoms with van der Waals surface area (Å²) in [5, 5.41) is 1.91. The summed E-state index contributed by atoms with van der Waals surface area (Å²) in [5.74, 6) is 3.26. The van der Waals surface area contributed by atoms with Gasteiger partial charge in [0, 0.05) is 11.6 Å². The Bertz CT molecular complexity index is 871. The van der Waals surface area contributed by atoms with Crippen LogP contribution in [0, 0.1) is 12.2 Å². The molecule has 0 radical (unpaired) electrons. The van der Waals surface area contributed by atoms with E-state index in [1.165, 1.54) is 0 Å². The number of pyridine rings is 1. The summed E-state index contributed by atoms with van der Waals surface area (Å²) in [6, 6.07) is 14.8. The topological polar surface area (TPSA) is 22.1 Å². The molecule has 0 unspecified atom stereocenters. The highest BCUT2D eigenvalue weighted by Crippen LogP contribution is 2.24. The lowest BCUT2D eigenvalue weighted by molar-refractivity contribution is 0.598. The number of halogens is 2. The summed E-state index contributed by atoms with van der Waals surface area (Å²) in [6.07, 6.45) is 7.33. The fraction of sp³-hybridized carbons (Fsp3) is 0. The van der Waals surface area contributed by atoms with Crippen molar-refractivity contribution in [2.24, 2.45) is 0 Å². The van der Waals surface area contributed by atoms with E-state index in [-0.39, 0.29) is 0 Å². The van der Waals surface area contributed by atoms with E-state index in [2.05, 4.69) is 10.8 Å². The fourth-order valence-corrected chi connectivity index (χ4v) is 2.48. The Labute approximate surface area is 139 Å². The number of aromatic nitrogens is 1. The van der Waals surface area contributed by atoms with Gasteiger partial charge in [0.05, 0.1) is 10.0 Å². The zero-order valence-electron chi connectivity index (χ0n) is 11.5. The van der Waals surface area contributed by atoms with Gasteiger partial charge in [-0.25, -0.2) is 0 Å². The van der Waals surface area contributed by atoms with Crippen molar-refractivity contribution in [2.75, 3.05) is 0 Å². The average Bonchev–Trinajstić information content (AvgIpc) is 2.55. The van der Waals surface area contributed by atoms with Crippen LogP contribution in [0.5, 0.6) is 5.75 Å². The second-order valence-corrected chi connectivity index (χ2v) is 5.48. The number of terminal acetylenes is 1. The molecule has 0 aliphatic carbocycles. The first kappa shape index (κ1) is 14.8. The zero-order chi connectivity index (χ0) is 15.5. The Hall–Kier alpha value is -2.15. The molecule has 0 amide bonds. The Morgan fingerprint density at radius 2 is 1.86 bits per heavy atom. The molecule has 0 atom stereocenters. The number of para-hydroxylation sites is 1. The van der Waals surface area contributed by atoms with Gasteiger partial charge in [-0.1, -0.05) is 47.5 Å². The van der Waals surface area contributed by atoms with Crippen LogP contribution in [0.2, 0.25) is 10.0 Å². The van der Waals surface area contributed by atoms with Crippen molar-refractivity contribution >= 4 is 46.5 Å². The van der Waals surface area contributed by atoms with Crippen LogP contribution in [0.3, 0.4) is 0 Å². The minimum absolute atomic E-state index is 0.444. The summed E-state index contributed by atoms with van der Waals surface area (Å²) in [5.41, 5.74) is 1.54. The number of hydrogen-bond donors (Lipinski definition) is 0. The molecule has 0 bridgehead atoms. The maximum Gasteiger partial charge on any atom is 0.480 e. The maximum atomic E-state index is 6.04. The lowest BCUT2D eigenvalue weighted by Crippen LogP contribution is -2.35. The van der Waals surface area contributed by atoms with Crippen LogP contribution < -0.4 is 10.1 Å². The molecule has 106 valence electrons. The van der Waals surface area contributed by atoms with Crippen LogP contribution >= 0.6 is 23.2 Å². The van der Waals surface area contributed by atoms with Crippen molar-refractivity contribution in [3.63, 3.8) is 0 Å². The summed E-state index contributed by atoms with van der Waals surface area (Å²) in [4.78, 5) is 4.35. The third-order valence-corrected chi connectivity index (χ3v) is 3.98. The molecule has 2 nitrogen and oxygen atoms in total. The zero-order valence-corrected chi connectivity index (χ0v) is 13.0. The van der Waals surface area contributed by atoms with Gasteiger partial charge in [-0.2, -0.15) is 0 Å². The monoisotopic (exact) mass is 325 g/mol. The van der Waals surface area contributed by atoms with Gasteiger partial charge in [0.25, 0.3) is 0 Å². The number of nitrogens with zero attached hydrogens (tertiary/aromatic N) is 1. The summed E-state index contributed by atoms with van der Waals surface area (Å²) < 4.78 is 5.96. The lowest BCUT2D eigenvalue weighted by atomic mass is 9.62. The van der Waals surface area contributed by atoms with Gasteiger partial charge in [-0.3, -0.25) is 4.98 Å². The molecule has 0 saturated carbocycles. The van der Waals surface area contributed by atoms with Gasteiger partial charge in [0.2, 0.25) is 0 Å². The second-order valence-electron chi connectivity index (χ2n) is 4.67. The van der Waals surface area contributed by atoms with E-state index < -0.39 is 6.92 Å². The lowest BCUT2D eigenvalue weighted by Gasteiger charge is -2.13. The molecular weight excluding hydrogens is 316 g/mol. The van der Waals surface area contributed by atoms with Gasteiger partial charge in [0.15, 0.2) is 0 Å². The predicted octanol–water partition coefficient (Wildman–Crippen LogP) is 3.99. The molecule has 2 aromatic carbocycles. The van der Waals surface area contributed by atoms with E-state index in [1.807, 2.05) is 30.3 Å². The SMILES string of the molecule is C#CB(Oc1cccc2cccnc12)c1ccc(Cl)c(Cl)c1. The van der Waals surface area contributed by atoms with Gasteiger partial charge in [-0.15, -0.1) is 12.2 Å². The second kappa shape index (κ2) is 6.31. The molecule has 0 aliphatic rings. The van der Waals surface area contributed by atoms with Crippen LogP contribution in [0.4, 0.5) is 0 Å². The average molecular weight is 326 g/mol. The minimum Gasteiger partial charge on any atom is -0.544 e. The molecule has 1 aromatic heterocycles. The third-order valence-electron chi connectivity index (χ3n) is 3.24. The largest absolute Gasteiger partial charge is 0.544 e. The van der Waals surface area contributed by atoms with Gasteiger partial charge < -0.3 is 4.65 Å². The summed E-state index contributed by atoms with van der Waals surface area (Å²) >= 11 is 12.0. The highest BCUT2D eigenvalue weighted by Gasteiger charge is 2.20. The predicted molar refractivity (Wildman–Crippen MR) is 93.1 cm³/mol. The molecule has 0 spiro atoms.